The van der Waals surface area contributed by atoms with Crippen LogP contribution >= 0.6 is 34.7 Å². The van der Waals surface area contributed by atoms with E-state index in [2.05, 4.69) is 28.5 Å². The molecule has 0 bridgehead atoms. The minimum atomic E-state index is -0.529. The van der Waals surface area contributed by atoms with Crippen LogP contribution in [-0.2, 0) is 16.0 Å². The zero-order valence-electron chi connectivity index (χ0n) is 22.4. The Balaban J connectivity index is 1.40. The number of Topliss-reactive ketones (excluding diaryl/α,β-unsaturated/α-hetero) is 1. The zero-order valence-corrected chi connectivity index (χ0v) is 24.8. The average Bonchev–Trinajstić information content (AvgIpc) is 3.44. The number of carbonyl (C=O) groups excluding carboxylic acids is 2. The van der Waals surface area contributed by atoms with Crippen LogP contribution in [0, 0.1) is 11.3 Å². The number of thioether (sulfide) groups is 1. The molecule has 0 saturated carbocycles. The number of hydrogen-bond acceptors (Lipinski definition) is 10. The number of ketones is 1. The number of nitriles is 1. The minimum Gasteiger partial charge on any atom is -0.495 e. The molecule has 12 heteroatoms. The van der Waals surface area contributed by atoms with Crippen molar-refractivity contribution >= 4 is 57.2 Å². The van der Waals surface area contributed by atoms with Crippen LogP contribution in [0.4, 0.5) is 10.8 Å². The van der Waals surface area contributed by atoms with Crippen molar-refractivity contribution in [2.24, 2.45) is 5.73 Å². The van der Waals surface area contributed by atoms with Crippen LogP contribution in [0.2, 0.25) is 5.02 Å². The van der Waals surface area contributed by atoms with Gasteiger partial charge in [0.15, 0.2) is 10.1 Å². The summed E-state index contributed by atoms with van der Waals surface area (Å²) in [5.74, 6) is 0.0197. The van der Waals surface area contributed by atoms with Gasteiger partial charge >= 0.3 is 0 Å². The zero-order chi connectivity index (χ0) is 29.1. The van der Waals surface area contributed by atoms with Crippen molar-refractivity contribution < 1.29 is 14.3 Å². The topological polar surface area (TPSA) is 134 Å². The van der Waals surface area contributed by atoms with E-state index in [1.807, 2.05) is 24.3 Å². The molecule has 3 N–H and O–H groups in total. The largest absolute Gasteiger partial charge is 0.495 e. The molecule has 1 unspecified atom stereocenters. The normalized spacial score (nSPS) is 16.9. The first kappa shape index (κ1) is 28.7. The summed E-state index contributed by atoms with van der Waals surface area (Å²) < 4.78 is 5.83. The minimum absolute atomic E-state index is 0.00768. The molecule has 0 spiro atoms. The number of anilines is 2. The lowest BCUT2D eigenvalue weighted by molar-refractivity contribution is -0.116. The summed E-state index contributed by atoms with van der Waals surface area (Å²) in [6, 6.07) is 15.2. The molecule has 0 saturated heterocycles. The van der Waals surface area contributed by atoms with Gasteiger partial charge in [0, 0.05) is 22.7 Å². The fourth-order valence-corrected chi connectivity index (χ4v) is 6.88. The Hall–Kier alpha value is -3.85. The van der Waals surface area contributed by atoms with Gasteiger partial charge in [-0.05, 0) is 48.6 Å². The van der Waals surface area contributed by atoms with E-state index in [1.165, 1.54) is 35.8 Å². The standard InChI is InChI=1S/C29H27ClN6O3S2/c1-3-16-7-9-17(10-8-16)25-19(14-31)27(32)36(21-5-4-6-22(37)26(21)25)28-34-35-29(41-28)40-15-24(38)33-20-13-18(30)11-12-23(20)39-2/h7-13,25H,3-6,15,32H2,1-2H3,(H,33,38). The Morgan fingerprint density at radius 2 is 2.05 bits per heavy atom. The second kappa shape index (κ2) is 12.3. The van der Waals surface area contributed by atoms with Crippen molar-refractivity contribution in [3.8, 4) is 11.8 Å². The smallest absolute Gasteiger partial charge is 0.234 e. The second-order valence-corrected chi connectivity index (χ2v) is 12.1. The highest BCUT2D eigenvalue weighted by Crippen LogP contribution is 2.47. The van der Waals surface area contributed by atoms with Gasteiger partial charge < -0.3 is 15.8 Å². The Labute approximate surface area is 251 Å². The van der Waals surface area contributed by atoms with Gasteiger partial charge in [0.05, 0.1) is 36.1 Å². The first-order valence-corrected chi connectivity index (χ1v) is 15.2. The van der Waals surface area contributed by atoms with Crippen molar-refractivity contribution in [2.75, 3.05) is 23.1 Å². The third kappa shape index (κ3) is 5.81. The van der Waals surface area contributed by atoms with Gasteiger partial charge in [-0.25, -0.2) is 0 Å². The molecule has 2 heterocycles. The molecule has 0 fully saturated rings. The first-order valence-electron chi connectivity index (χ1n) is 13.0. The first-order chi connectivity index (χ1) is 19.8. The highest BCUT2D eigenvalue weighted by Gasteiger charge is 2.41. The summed E-state index contributed by atoms with van der Waals surface area (Å²) in [5, 5.41) is 22.5. The number of halogens is 1. The highest BCUT2D eigenvalue weighted by molar-refractivity contribution is 8.01. The van der Waals surface area contributed by atoms with E-state index in [0.29, 0.717) is 56.3 Å². The molecule has 41 heavy (non-hydrogen) atoms. The van der Waals surface area contributed by atoms with E-state index < -0.39 is 5.92 Å². The summed E-state index contributed by atoms with van der Waals surface area (Å²) >= 11 is 8.52. The Bertz CT molecular complexity index is 1610. The van der Waals surface area contributed by atoms with Gasteiger partial charge in [0.2, 0.25) is 11.0 Å². The lowest BCUT2D eigenvalue weighted by Crippen LogP contribution is -2.38. The number of aromatic nitrogens is 2. The summed E-state index contributed by atoms with van der Waals surface area (Å²) in [5.41, 5.74) is 10.8. The molecule has 1 aliphatic carbocycles. The van der Waals surface area contributed by atoms with Crippen LogP contribution in [0.3, 0.4) is 0 Å². The van der Waals surface area contributed by atoms with E-state index >= 15 is 0 Å². The average molecular weight is 607 g/mol. The fraction of sp³-hybridized carbons (Fsp3) is 0.276. The number of rotatable bonds is 8. The molecule has 210 valence electrons. The predicted molar refractivity (Wildman–Crippen MR) is 161 cm³/mol. The van der Waals surface area contributed by atoms with Crippen LogP contribution < -0.4 is 20.7 Å². The number of aryl methyl sites for hydroxylation is 1. The maximum atomic E-state index is 13.3. The van der Waals surface area contributed by atoms with Gasteiger partial charge in [0.1, 0.15) is 11.6 Å². The Morgan fingerprint density at radius 3 is 2.76 bits per heavy atom. The molecule has 1 aromatic heterocycles. The van der Waals surface area contributed by atoms with E-state index in [9.17, 15) is 14.9 Å². The van der Waals surface area contributed by atoms with Crippen LogP contribution in [-0.4, -0.2) is 34.8 Å². The van der Waals surface area contributed by atoms with Gasteiger partial charge in [0.25, 0.3) is 0 Å². The van der Waals surface area contributed by atoms with Crippen LogP contribution in [0.15, 0.2) is 69.5 Å². The predicted octanol–water partition coefficient (Wildman–Crippen LogP) is 5.80. The van der Waals surface area contributed by atoms with Gasteiger partial charge in [-0.15, -0.1) is 10.2 Å². The third-order valence-corrected chi connectivity index (χ3v) is 9.26. The van der Waals surface area contributed by atoms with E-state index in [0.717, 1.165) is 17.7 Å². The maximum Gasteiger partial charge on any atom is 0.234 e. The van der Waals surface area contributed by atoms with Gasteiger partial charge in [-0.1, -0.05) is 65.9 Å². The summed E-state index contributed by atoms with van der Waals surface area (Å²) in [4.78, 5) is 27.7. The number of nitrogens with one attached hydrogen (secondary N) is 1. The van der Waals surface area contributed by atoms with Gasteiger partial charge in [-0.2, -0.15) is 5.26 Å². The number of nitrogens with zero attached hydrogens (tertiary/aromatic N) is 4. The third-order valence-electron chi connectivity index (χ3n) is 6.98. The van der Waals surface area contributed by atoms with Crippen LogP contribution in [0.5, 0.6) is 5.75 Å². The molecular weight excluding hydrogens is 580 g/mol. The van der Waals surface area contributed by atoms with E-state index in [-0.39, 0.29) is 23.3 Å². The van der Waals surface area contributed by atoms with Gasteiger partial charge in [-0.3, -0.25) is 14.5 Å². The number of allylic oxidation sites excluding steroid dienone is 3. The highest BCUT2D eigenvalue weighted by atomic mass is 35.5. The number of hydrogen-bond donors (Lipinski definition) is 2. The lowest BCUT2D eigenvalue weighted by Gasteiger charge is -2.38. The van der Waals surface area contributed by atoms with E-state index in [1.54, 1.807) is 23.1 Å². The Morgan fingerprint density at radius 1 is 1.27 bits per heavy atom. The fourth-order valence-electron chi connectivity index (χ4n) is 5.03. The number of methoxy groups -OCH3 is 1. The molecular formula is C29H27ClN6O3S2. The summed E-state index contributed by atoms with van der Waals surface area (Å²) in [6.07, 6.45) is 2.61. The van der Waals surface area contributed by atoms with Crippen molar-refractivity contribution in [1.82, 2.24) is 10.2 Å². The molecule has 9 nitrogen and oxygen atoms in total. The molecule has 1 amide bonds. The van der Waals surface area contributed by atoms with Crippen molar-refractivity contribution in [3.05, 3.63) is 81.3 Å². The molecule has 1 atom stereocenters. The molecule has 2 aliphatic rings. The van der Waals surface area contributed by atoms with E-state index in [4.69, 9.17) is 22.1 Å². The summed E-state index contributed by atoms with van der Waals surface area (Å²) in [7, 11) is 1.51. The van der Waals surface area contributed by atoms with Crippen molar-refractivity contribution in [2.45, 2.75) is 42.9 Å². The van der Waals surface area contributed by atoms with Crippen molar-refractivity contribution in [3.63, 3.8) is 0 Å². The number of carbonyl (C=O) groups is 2. The number of ether oxygens (including phenoxy) is 1. The quantitative estimate of drug-likeness (QED) is 0.305. The number of nitrogens with two attached hydrogens (primary N) is 1. The Kier molecular flexibility index (Phi) is 8.63. The molecule has 5 rings (SSSR count). The van der Waals surface area contributed by atoms with Crippen LogP contribution in [0.25, 0.3) is 0 Å². The second-order valence-electron chi connectivity index (χ2n) is 9.44. The van der Waals surface area contributed by atoms with Crippen molar-refractivity contribution in [1.29, 1.82) is 5.26 Å². The monoisotopic (exact) mass is 606 g/mol. The summed E-state index contributed by atoms with van der Waals surface area (Å²) in [6.45, 7) is 2.08. The number of amides is 1. The lowest BCUT2D eigenvalue weighted by atomic mass is 9.75. The number of benzene rings is 2. The van der Waals surface area contributed by atoms with Crippen LogP contribution in [0.1, 0.15) is 43.2 Å². The molecule has 3 aromatic rings. The maximum absolute atomic E-state index is 13.3. The molecule has 1 aliphatic heterocycles. The molecule has 2 aromatic carbocycles. The molecule has 0 radical (unpaired) electrons. The SMILES string of the molecule is CCc1ccc(C2C(C#N)=C(N)N(c3nnc(SCC(=O)Nc4cc(Cl)ccc4OC)s3)C3=C2C(=O)CCC3)cc1.